The molecule has 24 heavy (non-hydrogen) atoms. The Labute approximate surface area is 181 Å². The second-order valence-corrected chi connectivity index (χ2v) is 6.93. The van der Waals surface area contributed by atoms with Crippen molar-refractivity contribution < 1.29 is 76.0 Å². The molecule has 0 aromatic carbocycles. The molecular formula is C16H34I2N2O4. The number of hydrogen-bond acceptors (Lipinski definition) is 4. The van der Waals surface area contributed by atoms with Crippen LogP contribution in [0.1, 0.15) is 26.7 Å². The second-order valence-electron chi connectivity index (χ2n) is 6.93. The minimum Gasteiger partial charge on any atom is -1.00 e. The Morgan fingerprint density at radius 1 is 0.750 bits per heavy atom. The predicted molar refractivity (Wildman–Crippen MR) is 86.2 cm³/mol. The van der Waals surface area contributed by atoms with Crippen LogP contribution in [0.5, 0.6) is 0 Å². The Bertz CT molecular complexity index is 356. The SMILES string of the molecule is CC[N+](C)(CC)CCOC(=O)CCC(=O)OCC[N+](C)(C)C.[I-].[I-]. The molecular weight excluding hydrogens is 538 g/mol. The van der Waals surface area contributed by atoms with Crippen LogP contribution in [0.3, 0.4) is 0 Å². The van der Waals surface area contributed by atoms with E-state index < -0.39 is 0 Å². The summed E-state index contributed by atoms with van der Waals surface area (Å²) < 4.78 is 11.9. The lowest BCUT2D eigenvalue weighted by Gasteiger charge is -2.31. The van der Waals surface area contributed by atoms with Crippen LogP contribution in [0.15, 0.2) is 0 Å². The first-order valence-electron chi connectivity index (χ1n) is 8.07. The van der Waals surface area contributed by atoms with Gasteiger partial charge in [0, 0.05) is 0 Å². The van der Waals surface area contributed by atoms with Crippen molar-refractivity contribution in [2.75, 3.05) is 67.6 Å². The van der Waals surface area contributed by atoms with Crippen LogP contribution in [0.2, 0.25) is 0 Å². The molecule has 0 N–H and O–H groups in total. The number of halogens is 2. The highest BCUT2D eigenvalue weighted by atomic mass is 127. The molecule has 0 saturated heterocycles. The lowest BCUT2D eigenvalue weighted by Crippen LogP contribution is -3.00. The van der Waals surface area contributed by atoms with Gasteiger partial charge in [0.05, 0.1) is 54.1 Å². The number of hydrogen-bond donors (Lipinski definition) is 0. The molecule has 146 valence electrons. The molecule has 0 saturated carbocycles. The van der Waals surface area contributed by atoms with E-state index in [2.05, 4.69) is 20.9 Å². The highest BCUT2D eigenvalue weighted by molar-refractivity contribution is 5.77. The van der Waals surface area contributed by atoms with Gasteiger partial charge in [-0.2, -0.15) is 0 Å². The fourth-order valence-electron chi connectivity index (χ4n) is 1.70. The van der Waals surface area contributed by atoms with Crippen LogP contribution in [-0.4, -0.2) is 88.5 Å². The van der Waals surface area contributed by atoms with Crippen molar-refractivity contribution in [3.8, 4) is 0 Å². The summed E-state index contributed by atoms with van der Waals surface area (Å²) in [5.41, 5.74) is 0. The lowest BCUT2D eigenvalue weighted by atomic mass is 10.3. The maximum absolute atomic E-state index is 11.6. The Balaban J connectivity index is -0.00000220. The topological polar surface area (TPSA) is 52.6 Å². The van der Waals surface area contributed by atoms with Gasteiger partial charge in [0.25, 0.3) is 0 Å². The zero-order valence-corrected chi connectivity index (χ0v) is 20.3. The van der Waals surface area contributed by atoms with E-state index in [9.17, 15) is 9.59 Å². The van der Waals surface area contributed by atoms with Crippen LogP contribution in [-0.2, 0) is 19.1 Å². The smallest absolute Gasteiger partial charge is 0.306 e. The van der Waals surface area contributed by atoms with E-state index in [4.69, 9.17) is 9.47 Å². The van der Waals surface area contributed by atoms with Gasteiger partial charge >= 0.3 is 11.9 Å². The lowest BCUT2D eigenvalue weighted by molar-refractivity contribution is -0.906. The van der Waals surface area contributed by atoms with Crippen molar-refractivity contribution in [3.05, 3.63) is 0 Å². The average Bonchev–Trinajstić information content (AvgIpc) is 2.43. The first-order chi connectivity index (χ1) is 10.1. The van der Waals surface area contributed by atoms with Crippen LogP contribution < -0.4 is 48.0 Å². The molecule has 0 atom stereocenters. The quantitative estimate of drug-likeness (QED) is 0.142. The third-order valence-corrected chi connectivity index (χ3v) is 3.98. The average molecular weight is 572 g/mol. The number of rotatable bonds is 11. The number of likely N-dealkylation sites (N-methyl/N-ethyl adjacent to an activating group) is 2. The number of nitrogens with zero attached hydrogens (tertiary/aromatic N) is 2. The van der Waals surface area contributed by atoms with Crippen molar-refractivity contribution in [1.82, 2.24) is 0 Å². The molecule has 6 nitrogen and oxygen atoms in total. The van der Waals surface area contributed by atoms with Crippen molar-refractivity contribution in [2.45, 2.75) is 26.7 Å². The Morgan fingerprint density at radius 2 is 1.12 bits per heavy atom. The zero-order valence-electron chi connectivity index (χ0n) is 15.9. The third-order valence-electron chi connectivity index (χ3n) is 3.98. The van der Waals surface area contributed by atoms with Crippen molar-refractivity contribution in [3.63, 3.8) is 0 Å². The zero-order chi connectivity index (χ0) is 17.2. The van der Waals surface area contributed by atoms with Gasteiger partial charge in [-0.3, -0.25) is 9.59 Å². The highest BCUT2D eigenvalue weighted by Crippen LogP contribution is 2.02. The highest BCUT2D eigenvalue weighted by Gasteiger charge is 2.17. The van der Waals surface area contributed by atoms with Crippen LogP contribution >= 0.6 is 0 Å². The van der Waals surface area contributed by atoms with Gasteiger partial charge < -0.3 is 66.4 Å². The predicted octanol–water partition coefficient (Wildman–Crippen LogP) is -4.95. The van der Waals surface area contributed by atoms with E-state index in [0.717, 1.165) is 35.1 Å². The van der Waals surface area contributed by atoms with Crippen molar-refractivity contribution in [1.29, 1.82) is 0 Å². The van der Waals surface area contributed by atoms with E-state index in [1.54, 1.807) is 0 Å². The summed E-state index contributed by atoms with van der Waals surface area (Å²) in [7, 11) is 8.23. The fourth-order valence-corrected chi connectivity index (χ4v) is 1.70. The molecule has 0 aliphatic carbocycles. The fraction of sp³-hybridized carbons (Fsp3) is 0.875. The minimum absolute atomic E-state index is 0. The first kappa shape index (κ1) is 29.1. The first-order valence-corrected chi connectivity index (χ1v) is 8.07. The third kappa shape index (κ3) is 15.8. The van der Waals surface area contributed by atoms with E-state index >= 15 is 0 Å². The molecule has 0 aliphatic rings. The summed E-state index contributed by atoms with van der Waals surface area (Å²) in [4.78, 5) is 23.1. The molecule has 0 amide bonds. The molecule has 8 heteroatoms. The summed E-state index contributed by atoms with van der Waals surface area (Å²) in [5, 5.41) is 0. The molecule has 0 aliphatic heterocycles. The van der Waals surface area contributed by atoms with Gasteiger partial charge in [0.15, 0.2) is 0 Å². The summed E-state index contributed by atoms with van der Waals surface area (Å²) >= 11 is 0. The van der Waals surface area contributed by atoms with Crippen LogP contribution in [0, 0.1) is 0 Å². The van der Waals surface area contributed by atoms with E-state index in [0.29, 0.717) is 13.2 Å². The number of ether oxygens (including phenoxy) is 2. The van der Waals surface area contributed by atoms with Crippen LogP contribution in [0.4, 0.5) is 0 Å². The standard InChI is InChI=1S/C16H34N2O4.2HI/c1-7-18(6,8-2)12-14-22-16(20)10-9-15(19)21-13-11-17(3,4)5;;/h7-14H2,1-6H3;2*1H/q+2;;/p-2. The van der Waals surface area contributed by atoms with Gasteiger partial charge in [-0.25, -0.2) is 0 Å². The number of esters is 2. The van der Waals surface area contributed by atoms with Gasteiger partial charge in [-0.15, -0.1) is 0 Å². The Morgan fingerprint density at radius 3 is 1.46 bits per heavy atom. The molecule has 0 fully saturated rings. The number of quaternary nitrogens is 2. The molecule has 0 radical (unpaired) electrons. The molecule has 0 unspecified atom stereocenters. The van der Waals surface area contributed by atoms with Crippen molar-refractivity contribution >= 4 is 11.9 Å². The summed E-state index contributed by atoms with van der Waals surface area (Å²) in [6.07, 6.45) is 0.175. The van der Waals surface area contributed by atoms with E-state index in [-0.39, 0.29) is 72.7 Å². The van der Waals surface area contributed by atoms with E-state index in [1.165, 1.54) is 0 Å². The Hall–Kier alpha value is 0.320. The molecule has 0 heterocycles. The van der Waals surface area contributed by atoms with Gasteiger partial charge in [-0.05, 0) is 13.8 Å². The summed E-state index contributed by atoms with van der Waals surface area (Å²) in [5.74, 6) is -0.671. The monoisotopic (exact) mass is 572 g/mol. The summed E-state index contributed by atoms with van der Waals surface area (Å²) in [6, 6.07) is 0. The largest absolute Gasteiger partial charge is 1.00 e. The maximum Gasteiger partial charge on any atom is 0.306 e. The molecule has 0 rings (SSSR count). The summed E-state index contributed by atoms with van der Waals surface area (Å²) in [6.45, 7) is 8.58. The number of carbonyl (C=O) groups excluding carboxylic acids is 2. The molecule has 0 aromatic rings. The second kappa shape index (κ2) is 14.5. The molecule has 0 spiro atoms. The van der Waals surface area contributed by atoms with Gasteiger partial charge in [0.2, 0.25) is 0 Å². The Kier molecular flexibility index (Phi) is 17.6. The normalized spacial score (nSPS) is 11.1. The molecule has 0 bridgehead atoms. The number of carbonyl (C=O) groups is 2. The minimum atomic E-state index is -0.340. The van der Waals surface area contributed by atoms with E-state index in [1.807, 2.05) is 21.1 Å². The van der Waals surface area contributed by atoms with Crippen LogP contribution in [0.25, 0.3) is 0 Å². The molecule has 0 aromatic heterocycles. The maximum atomic E-state index is 11.6. The van der Waals surface area contributed by atoms with Gasteiger partial charge in [0.1, 0.15) is 26.3 Å². The van der Waals surface area contributed by atoms with Crippen molar-refractivity contribution in [2.24, 2.45) is 0 Å². The van der Waals surface area contributed by atoms with Gasteiger partial charge in [-0.1, -0.05) is 0 Å².